The van der Waals surface area contributed by atoms with Crippen molar-refractivity contribution in [2.45, 2.75) is 44.9 Å². The zero-order valence-electron chi connectivity index (χ0n) is 12.0. The molecular weight excluding hydrogens is 246 g/mol. The zero-order chi connectivity index (χ0) is 14.3. The molecule has 0 saturated heterocycles. The average molecular weight is 271 g/mol. The van der Waals surface area contributed by atoms with Crippen molar-refractivity contribution < 1.29 is 19.4 Å². The highest BCUT2D eigenvalue weighted by molar-refractivity contribution is 5.78. The summed E-state index contributed by atoms with van der Waals surface area (Å²) in [5, 5.41) is 9.02. The smallest absolute Gasteiger partial charge is 0.303 e. The predicted octanol–water partition coefficient (Wildman–Crippen LogP) is 1.91. The molecule has 1 aliphatic carbocycles. The van der Waals surface area contributed by atoms with Crippen LogP contribution in [0.3, 0.4) is 0 Å². The number of ether oxygens (including phenoxy) is 1. The summed E-state index contributed by atoms with van der Waals surface area (Å²) in [6.07, 6.45) is 5.08. The fourth-order valence-electron chi connectivity index (χ4n) is 2.89. The molecule has 1 fully saturated rings. The minimum Gasteiger partial charge on any atom is -0.481 e. The van der Waals surface area contributed by atoms with Crippen molar-refractivity contribution in [3.05, 3.63) is 0 Å². The highest BCUT2D eigenvalue weighted by Crippen LogP contribution is 2.44. The van der Waals surface area contributed by atoms with E-state index in [9.17, 15) is 9.59 Å². The first-order valence-corrected chi connectivity index (χ1v) is 6.94. The Kier molecular flexibility index (Phi) is 6.28. The number of carbonyl (C=O) groups excluding carboxylic acids is 1. The van der Waals surface area contributed by atoms with Crippen LogP contribution in [0.15, 0.2) is 0 Å². The van der Waals surface area contributed by atoms with E-state index in [1.54, 1.807) is 19.1 Å². The van der Waals surface area contributed by atoms with Gasteiger partial charge in [-0.1, -0.05) is 12.8 Å². The third-order valence-electron chi connectivity index (χ3n) is 3.98. The van der Waals surface area contributed by atoms with Gasteiger partial charge in [0.25, 0.3) is 0 Å². The molecule has 110 valence electrons. The Hall–Kier alpha value is -1.10. The molecule has 0 unspecified atom stereocenters. The molecule has 0 aromatic rings. The Balaban J connectivity index is 2.49. The molecule has 5 heteroatoms. The zero-order valence-corrected chi connectivity index (χ0v) is 12.0. The third-order valence-corrected chi connectivity index (χ3v) is 3.98. The van der Waals surface area contributed by atoms with Crippen LogP contribution in [0.25, 0.3) is 0 Å². The number of rotatable bonds is 8. The summed E-state index contributed by atoms with van der Waals surface area (Å²) in [6.45, 7) is 1.30. The first kappa shape index (κ1) is 16.0. The van der Waals surface area contributed by atoms with Crippen molar-refractivity contribution in [2.75, 3.05) is 27.3 Å². The lowest BCUT2D eigenvalue weighted by Crippen LogP contribution is -2.34. The maximum atomic E-state index is 12.2. The molecule has 0 aromatic carbocycles. The van der Waals surface area contributed by atoms with Gasteiger partial charge in [0.1, 0.15) is 0 Å². The molecule has 5 nitrogen and oxygen atoms in total. The number of hydrogen-bond acceptors (Lipinski definition) is 3. The third kappa shape index (κ3) is 5.19. The van der Waals surface area contributed by atoms with Crippen LogP contribution < -0.4 is 0 Å². The number of methoxy groups -OCH3 is 1. The summed E-state index contributed by atoms with van der Waals surface area (Å²) in [5.41, 5.74) is -0.307. The first-order valence-electron chi connectivity index (χ1n) is 6.94. The molecule has 0 radical (unpaired) electrons. The molecule has 0 bridgehead atoms. The van der Waals surface area contributed by atoms with E-state index in [0.29, 0.717) is 19.6 Å². The van der Waals surface area contributed by atoms with Crippen molar-refractivity contribution in [1.82, 2.24) is 4.90 Å². The summed E-state index contributed by atoms with van der Waals surface area (Å²) in [7, 11) is 3.42. The lowest BCUT2D eigenvalue weighted by Gasteiger charge is -2.29. The van der Waals surface area contributed by atoms with Crippen molar-refractivity contribution >= 4 is 11.9 Å². The van der Waals surface area contributed by atoms with Crippen molar-refractivity contribution in [3.8, 4) is 0 Å². The molecule has 0 heterocycles. The quantitative estimate of drug-likeness (QED) is 0.685. The van der Waals surface area contributed by atoms with E-state index >= 15 is 0 Å². The van der Waals surface area contributed by atoms with Gasteiger partial charge < -0.3 is 14.7 Å². The van der Waals surface area contributed by atoms with E-state index < -0.39 is 5.97 Å². The number of aliphatic carboxylic acids is 1. The standard InChI is InChI=1S/C14H25NO4/c1-15(8-5-9-19-2)12(16)10-14(11-13(17)18)6-3-4-7-14/h3-11H2,1-2H3,(H,17,18). The second kappa shape index (κ2) is 7.48. The SMILES string of the molecule is COCCCN(C)C(=O)CC1(CC(=O)O)CCCC1. The van der Waals surface area contributed by atoms with Crippen LogP contribution in [0, 0.1) is 5.41 Å². The molecule has 0 aliphatic heterocycles. The Morgan fingerprint density at radius 1 is 1.26 bits per heavy atom. The molecule has 1 N–H and O–H groups in total. The van der Waals surface area contributed by atoms with Gasteiger partial charge in [0.2, 0.25) is 5.91 Å². The summed E-state index contributed by atoms with van der Waals surface area (Å²) < 4.78 is 4.96. The fourth-order valence-corrected chi connectivity index (χ4v) is 2.89. The number of carbonyl (C=O) groups is 2. The monoisotopic (exact) mass is 271 g/mol. The largest absolute Gasteiger partial charge is 0.481 e. The Morgan fingerprint density at radius 3 is 2.42 bits per heavy atom. The number of nitrogens with zero attached hydrogens (tertiary/aromatic N) is 1. The Morgan fingerprint density at radius 2 is 1.89 bits per heavy atom. The maximum Gasteiger partial charge on any atom is 0.303 e. The molecule has 1 rings (SSSR count). The second-order valence-electron chi connectivity index (χ2n) is 5.62. The first-order chi connectivity index (χ1) is 8.99. The van der Waals surface area contributed by atoms with E-state index in [-0.39, 0.29) is 17.7 Å². The summed E-state index contributed by atoms with van der Waals surface area (Å²) in [5.74, 6) is -0.740. The lowest BCUT2D eigenvalue weighted by molar-refractivity contribution is -0.141. The predicted molar refractivity (Wildman–Crippen MR) is 71.9 cm³/mol. The van der Waals surface area contributed by atoms with E-state index in [1.807, 2.05) is 0 Å². The molecule has 0 atom stereocenters. The molecule has 1 amide bonds. The van der Waals surface area contributed by atoms with E-state index in [4.69, 9.17) is 9.84 Å². The van der Waals surface area contributed by atoms with Crippen LogP contribution in [0.2, 0.25) is 0 Å². The number of carboxylic acids is 1. The maximum absolute atomic E-state index is 12.2. The van der Waals surface area contributed by atoms with Gasteiger partial charge in [-0.25, -0.2) is 0 Å². The van der Waals surface area contributed by atoms with Gasteiger partial charge in [-0.15, -0.1) is 0 Å². The molecule has 19 heavy (non-hydrogen) atoms. The number of amides is 1. The van der Waals surface area contributed by atoms with Gasteiger partial charge in [-0.3, -0.25) is 9.59 Å². The lowest BCUT2D eigenvalue weighted by atomic mass is 9.79. The van der Waals surface area contributed by atoms with Crippen LogP contribution in [-0.2, 0) is 14.3 Å². The van der Waals surface area contributed by atoms with Crippen molar-refractivity contribution in [2.24, 2.45) is 5.41 Å². The van der Waals surface area contributed by atoms with Crippen LogP contribution in [0.4, 0.5) is 0 Å². The van der Waals surface area contributed by atoms with Crippen LogP contribution in [0.1, 0.15) is 44.9 Å². The summed E-state index contributed by atoms with van der Waals surface area (Å²) in [6, 6.07) is 0. The van der Waals surface area contributed by atoms with E-state index in [0.717, 1.165) is 32.1 Å². The highest BCUT2D eigenvalue weighted by atomic mass is 16.5. The van der Waals surface area contributed by atoms with Gasteiger partial charge in [0.15, 0.2) is 0 Å². The molecule has 1 saturated carbocycles. The normalized spacial score (nSPS) is 17.4. The van der Waals surface area contributed by atoms with Gasteiger partial charge >= 0.3 is 5.97 Å². The van der Waals surface area contributed by atoms with Gasteiger partial charge in [-0.05, 0) is 24.7 Å². The number of hydrogen-bond donors (Lipinski definition) is 1. The highest BCUT2D eigenvalue weighted by Gasteiger charge is 2.38. The van der Waals surface area contributed by atoms with Gasteiger partial charge in [0.05, 0.1) is 6.42 Å². The fraction of sp³-hybridized carbons (Fsp3) is 0.857. The Bertz CT molecular complexity index is 311. The van der Waals surface area contributed by atoms with Gasteiger partial charge in [-0.2, -0.15) is 0 Å². The minimum absolute atomic E-state index is 0.0549. The Labute approximate surface area is 114 Å². The molecule has 0 spiro atoms. The second-order valence-corrected chi connectivity index (χ2v) is 5.62. The average Bonchev–Trinajstić information content (AvgIpc) is 2.76. The number of carboxylic acid groups (broad SMARTS) is 1. The summed E-state index contributed by atoms with van der Waals surface area (Å²) in [4.78, 5) is 24.8. The summed E-state index contributed by atoms with van der Waals surface area (Å²) >= 11 is 0. The van der Waals surface area contributed by atoms with E-state index in [2.05, 4.69) is 0 Å². The van der Waals surface area contributed by atoms with Crippen molar-refractivity contribution in [3.63, 3.8) is 0 Å². The molecule has 1 aliphatic rings. The van der Waals surface area contributed by atoms with Gasteiger partial charge in [0, 0.05) is 33.7 Å². The molecule has 0 aromatic heterocycles. The molecular formula is C14H25NO4. The topological polar surface area (TPSA) is 66.8 Å². The van der Waals surface area contributed by atoms with Crippen LogP contribution in [-0.4, -0.2) is 49.2 Å². The van der Waals surface area contributed by atoms with E-state index in [1.165, 1.54) is 0 Å². The van der Waals surface area contributed by atoms with Crippen LogP contribution >= 0.6 is 0 Å². The van der Waals surface area contributed by atoms with Crippen molar-refractivity contribution in [1.29, 1.82) is 0 Å². The minimum atomic E-state index is -0.795. The van der Waals surface area contributed by atoms with Crippen LogP contribution in [0.5, 0.6) is 0 Å².